The monoisotopic (exact) mass is 441 g/mol. The maximum Gasteiger partial charge on any atom is 0.261 e. The standard InChI is InChI=1S/C26H23N3O4/c1-32-21-14-8-13-20(25(21)31)15-16-27-22(30)17-33-26-23(18-9-4-2-5-10-18)24(28-29-26)19-11-6-3-7-12-19/h2-16,23,31H,17H2,1H3,(H,27,30)/b16-15+. The minimum absolute atomic E-state index is 0.00152. The number of amides is 1. The minimum atomic E-state index is -0.365. The molecule has 7 nitrogen and oxygen atoms in total. The van der Waals surface area contributed by atoms with E-state index in [-0.39, 0.29) is 24.2 Å². The molecular formula is C26H23N3O4. The summed E-state index contributed by atoms with van der Waals surface area (Å²) < 4.78 is 10.8. The number of methoxy groups -OCH3 is 1. The maximum absolute atomic E-state index is 12.3. The zero-order chi connectivity index (χ0) is 23.0. The summed E-state index contributed by atoms with van der Waals surface area (Å²) in [5.41, 5.74) is 3.20. The SMILES string of the molecule is COc1cccc(/C=C/NC(=O)COC2=NN=C(c3ccccc3)C2c2ccccc2)c1O. The van der Waals surface area contributed by atoms with Gasteiger partial charge in [-0.3, -0.25) is 4.79 Å². The molecule has 0 fully saturated rings. The van der Waals surface area contributed by atoms with Crippen LogP contribution in [0.4, 0.5) is 0 Å². The molecule has 166 valence electrons. The van der Waals surface area contributed by atoms with Gasteiger partial charge in [0.05, 0.1) is 12.8 Å². The van der Waals surface area contributed by atoms with Crippen LogP contribution in [0.25, 0.3) is 6.08 Å². The fraction of sp³-hybridized carbons (Fsp3) is 0.115. The molecule has 1 aliphatic rings. The maximum atomic E-state index is 12.3. The topological polar surface area (TPSA) is 92.5 Å². The van der Waals surface area contributed by atoms with Crippen LogP contribution in [0, 0.1) is 0 Å². The number of carbonyl (C=O) groups is 1. The second kappa shape index (κ2) is 10.3. The molecule has 4 rings (SSSR count). The zero-order valence-corrected chi connectivity index (χ0v) is 18.0. The Morgan fingerprint density at radius 2 is 1.73 bits per heavy atom. The molecule has 33 heavy (non-hydrogen) atoms. The summed E-state index contributed by atoms with van der Waals surface area (Å²) in [5, 5.41) is 21.3. The van der Waals surface area contributed by atoms with Gasteiger partial charge in [-0.15, -0.1) is 5.10 Å². The van der Waals surface area contributed by atoms with Crippen molar-refractivity contribution in [1.29, 1.82) is 0 Å². The predicted octanol–water partition coefficient (Wildman–Crippen LogP) is 4.10. The Labute approximate surface area is 191 Å². The first-order valence-electron chi connectivity index (χ1n) is 10.4. The largest absolute Gasteiger partial charge is 0.504 e. The van der Waals surface area contributed by atoms with E-state index in [0.717, 1.165) is 16.8 Å². The van der Waals surface area contributed by atoms with E-state index >= 15 is 0 Å². The van der Waals surface area contributed by atoms with E-state index in [1.54, 1.807) is 24.3 Å². The molecule has 1 aliphatic heterocycles. The number of ether oxygens (including phenoxy) is 2. The molecule has 0 radical (unpaired) electrons. The molecule has 0 bridgehead atoms. The highest BCUT2D eigenvalue weighted by Crippen LogP contribution is 2.30. The van der Waals surface area contributed by atoms with Gasteiger partial charge in [0, 0.05) is 11.8 Å². The highest BCUT2D eigenvalue weighted by Gasteiger charge is 2.31. The van der Waals surface area contributed by atoms with Gasteiger partial charge in [-0.2, -0.15) is 5.10 Å². The lowest BCUT2D eigenvalue weighted by Crippen LogP contribution is -2.28. The van der Waals surface area contributed by atoms with Gasteiger partial charge in [-0.1, -0.05) is 72.8 Å². The summed E-state index contributed by atoms with van der Waals surface area (Å²) in [6.45, 7) is -0.228. The summed E-state index contributed by atoms with van der Waals surface area (Å²) in [5.74, 6) is 0.0530. The van der Waals surface area contributed by atoms with E-state index in [1.165, 1.54) is 13.3 Å². The lowest BCUT2D eigenvalue weighted by molar-refractivity contribution is -0.122. The molecule has 3 aromatic rings. The molecule has 1 heterocycles. The molecule has 1 unspecified atom stereocenters. The molecule has 0 aromatic heterocycles. The van der Waals surface area contributed by atoms with Crippen LogP contribution >= 0.6 is 0 Å². The second-order valence-corrected chi connectivity index (χ2v) is 7.22. The fourth-order valence-electron chi connectivity index (χ4n) is 3.47. The molecular weight excluding hydrogens is 418 g/mol. The lowest BCUT2D eigenvalue weighted by Gasteiger charge is -2.16. The smallest absolute Gasteiger partial charge is 0.261 e. The van der Waals surface area contributed by atoms with Gasteiger partial charge < -0.3 is 19.9 Å². The second-order valence-electron chi connectivity index (χ2n) is 7.22. The first-order valence-corrected chi connectivity index (χ1v) is 10.4. The van der Waals surface area contributed by atoms with Crippen molar-refractivity contribution in [3.05, 3.63) is 102 Å². The van der Waals surface area contributed by atoms with Gasteiger partial charge in [-0.05, 0) is 23.3 Å². The molecule has 0 saturated heterocycles. The number of hydrogen-bond donors (Lipinski definition) is 2. The fourth-order valence-corrected chi connectivity index (χ4v) is 3.47. The Balaban J connectivity index is 1.41. The van der Waals surface area contributed by atoms with Crippen LogP contribution in [0.1, 0.15) is 22.6 Å². The van der Waals surface area contributed by atoms with Crippen LogP contribution in [0.2, 0.25) is 0 Å². The Morgan fingerprint density at radius 1 is 1.00 bits per heavy atom. The van der Waals surface area contributed by atoms with Gasteiger partial charge in [0.25, 0.3) is 5.91 Å². The average Bonchev–Trinajstić information content (AvgIpc) is 3.29. The highest BCUT2D eigenvalue weighted by molar-refractivity contribution is 6.19. The molecule has 7 heteroatoms. The molecule has 1 atom stereocenters. The van der Waals surface area contributed by atoms with E-state index in [9.17, 15) is 9.90 Å². The summed E-state index contributed by atoms with van der Waals surface area (Å²) in [6, 6.07) is 24.7. The first-order chi connectivity index (χ1) is 16.2. The lowest BCUT2D eigenvalue weighted by atomic mass is 9.90. The van der Waals surface area contributed by atoms with Crippen LogP contribution in [0.5, 0.6) is 11.5 Å². The number of rotatable bonds is 7. The highest BCUT2D eigenvalue weighted by atomic mass is 16.5. The molecule has 0 saturated carbocycles. The van der Waals surface area contributed by atoms with Gasteiger partial charge in [-0.25, -0.2) is 0 Å². The van der Waals surface area contributed by atoms with Crippen LogP contribution in [-0.2, 0) is 9.53 Å². The van der Waals surface area contributed by atoms with Crippen molar-refractivity contribution in [3.63, 3.8) is 0 Å². The molecule has 2 N–H and O–H groups in total. The average molecular weight is 441 g/mol. The normalized spacial score (nSPS) is 15.1. The van der Waals surface area contributed by atoms with Gasteiger partial charge in [0.15, 0.2) is 18.1 Å². The number of hydrogen-bond acceptors (Lipinski definition) is 6. The van der Waals surface area contributed by atoms with E-state index in [2.05, 4.69) is 15.5 Å². The number of aromatic hydroxyl groups is 1. The van der Waals surface area contributed by atoms with Crippen LogP contribution in [-0.4, -0.2) is 36.3 Å². The number of carbonyl (C=O) groups excluding carboxylic acids is 1. The Morgan fingerprint density at radius 3 is 2.45 bits per heavy atom. The van der Waals surface area contributed by atoms with Crippen molar-refractivity contribution in [1.82, 2.24) is 5.32 Å². The zero-order valence-electron chi connectivity index (χ0n) is 18.0. The Kier molecular flexibility index (Phi) is 6.80. The van der Waals surface area contributed by atoms with Crippen molar-refractivity contribution in [3.8, 4) is 11.5 Å². The van der Waals surface area contributed by atoms with Gasteiger partial charge in [0.2, 0.25) is 5.90 Å². The summed E-state index contributed by atoms with van der Waals surface area (Å²) in [6.07, 6.45) is 3.02. The number of benzene rings is 3. The number of nitrogens with one attached hydrogen (secondary N) is 1. The van der Waals surface area contributed by atoms with E-state index < -0.39 is 0 Å². The van der Waals surface area contributed by atoms with E-state index in [0.29, 0.717) is 17.2 Å². The molecule has 0 spiro atoms. The predicted molar refractivity (Wildman–Crippen MR) is 127 cm³/mol. The van der Waals surface area contributed by atoms with Crippen molar-refractivity contribution in [2.45, 2.75) is 5.92 Å². The van der Waals surface area contributed by atoms with Crippen molar-refractivity contribution >= 4 is 23.6 Å². The van der Waals surface area contributed by atoms with E-state index in [4.69, 9.17) is 9.47 Å². The molecule has 0 aliphatic carbocycles. The quantitative estimate of drug-likeness (QED) is 0.577. The Hall–Kier alpha value is -4.39. The number of para-hydroxylation sites is 1. The number of phenols is 1. The van der Waals surface area contributed by atoms with E-state index in [1.807, 2.05) is 60.7 Å². The van der Waals surface area contributed by atoms with Gasteiger partial charge >= 0.3 is 0 Å². The van der Waals surface area contributed by atoms with Crippen molar-refractivity contribution < 1.29 is 19.4 Å². The first kappa shape index (κ1) is 21.8. The van der Waals surface area contributed by atoms with Crippen molar-refractivity contribution in [2.24, 2.45) is 10.2 Å². The van der Waals surface area contributed by atoms with Gasteiger partial charge in [0.1, 0.15) is 5.92 Å². The van der Waals surface area contributed by atoms with Crippen LogP contribution in [0.3, 0.4) is 0 Å². The molecule has 3 aromatic carbocycles. The number of phenolic OH excluding ortho intramolecular Hbond substituents is 1. The molecule has 1 amide bonds. The summed E-state index contributed by atoms with van der Waals surface area (Å²) in [4.78, 5) is 12.3. The summed E-state index contributed by atoms with van der Waals surface area (Å²) in [7, 11) is 1.48. The van der Waals surface area contributed by atoms with Crippen LogP contribution in [0.15, 0.2) is 95.3 Å². The minimum Gasteiger partial charge on any atom is -0.504 e. The summed E-state index contributed by atoms with van der Waals surface area (Å²) >= 11 is 0. The van der Waals surface area contributed by atoms with Crippen molar-refractivity contribution in [2.75, 3.05) is 13.7 Å². The number of nitrogens with zero attached hydrogens (tertiary/aromatic N) is 2. The third kappa shape index (κ3) is 5.10. The third-order valence-corrected chi connectivity index (χ3v) is 5.09. The van der Waals surface area contributed by atoms with Crippen LogP contribution < -0.4 is 10.1 Å². The Bertz CT molecular complexity index is 1200. The third-order valence-electron chi connectivity index (χ3n) is 5.09.